The highest BCUT2D eigenvalue weighted by Crippen LogP contribution is 2.53. The molecule has 0 aromatic rings. The van der Waals surface area contributed by atoms with Crippen LogP contribution >= 0.6 is 0 Å². The Morgan fingerprint density at radius 1 is 1.44 bits per heavy atom. The van der Waals surface area contributed by atoms with Gasteiger partial charge in [0.1, 0.15) is 0 Å². The van der Waals surface area contributed by atoms with E-state index in [4.69, 9.17) is 5.26 Å². The maximum Gasteiger partial charge on any atom is 0.0666 e. The SMILES string of the molecule is C=C(CC#N)C1CC=CC(C2CC2C)C1C(=C)C. The Balaban J connectivity index is 2.20. The van der Waals surface area contributed by atoms with Crippen molar-refractivity contribution in [1.29, 1.82) is 5.26 Å². The number of nitrogens with zero attached hydrogens (tertiary/aromatic N) is 1. The van der Waals surface area contributed by atoms with Gasteiger partial charge in [-0.3, -0.25) is 0 Å². The van der Waals surface area contributed by atoms with Gasteiger partial charge in [0.15, 0.2) is 0 Å². The summed E-state index contributed by atoms with van der Waals surface area (Å²) in [5.74, 6) is 3.20. The summed E-state index contributed by atoms with van der Waals surface area (Å²) in [4.78, 5) is 0. The fourth-order valence-corrected chi connectivity index (χ4v) is 3.54. The zero-order chi connectivity index (χ0) is 13.3. The van der Waals surface area contributed by atoms with Gasteiger partial charge in [0, 0.05) is 0 Å². The Bertz CT molecular complexity index is 423. The second-order valence-corrected chi connectivity index (χ2v) is 6.09. The van der Waals surface area contributed by atoms with Gasteiger partial charge in [-0.2, -0.15) is 5.26 Å². The fraction of sp³-hybridized carbons (Fsp3) is 0.588. The summed E-state index contributed by atoms with van der Waals surface area (Å²) in [5, 5.41) is 8.87. The van der Waals surface area contributed by atoms with Crippen LogP contribution in [0.2, 0.25) is 0 Å². The van der Waals surface area contributed by atoms with Gasteiger partial charge in [0.25, 0.3) is 0 Å². The third-order valence-corrected chi connectivity index (χ3v) is 4.66. The van der Waals surface area contributed by atoms with E-state index in [0.29, 0.717) is 24.2 Å². The van der Waals surface area contributed by atoms with Crippen LogP contribution in [-0.4, -0.2) is 0 Å². The van der Waals surface area contributed by atoms with E-state index in [9.17, 15) is 0 Å². The van der Waals surface area contributed by atoms with Crippen LogP contribution < -0.4 is 0 Å². The van der Waals surface area contributed by atoms with E-state index >= 15 is 0 Å². The maximum atomic E-state index is 8.87. The van der Waals surface area contributed by atoms with E-state index in [1.165, 1.54) is 12.0 Å². The zero-order valence-corrected chi connectivity index (χ0v) is 11.5. The minimum atomic E-state index is 0.421. The molecule has 1 saturated carbocycles. The largest absolute Gasteiger partial charge is 0.198 e. The number of nitriles is 1. The van der Waals surface area contributed by atoms with Crippen molar-refractivity contribution in [3.63, 3.8) is 0 Å². The molecule has 2 rings (SSSR count). The molecule has 2 aliphatic carbocycles. The molecular formula is C17H23N. The monoisotopic (exact) mass is 241 g/mol. The van der Waals surface area contributed by atoms with Crippen LogP contribution in [0.25, 0.3) is 0 Å². The lowest BCUT2D eigenvalue weighted by molar-refractivity contribution is 0.290. The van der Waals surface area contributed by atoms with Crippen molar-refractivity contribution >= 4 is 0 Å². The highest BCUT2D eigenvalue weighted by atomic mass is 14.5. The first-order valence-electron chi connectivity index (χ1n) is 6.93. The number of rotatable bonds is 4. The van der Waals surface area contributed by atoms with Crippen LogP contribution in [0.5, 0.6) is 0 Å². The van der Waals surface area contributed by atoms with Crippen molar-refractivity contribution in [2.24, 2.45) is 29.6 Å². The van der Waals surface area contributed by atoms with Crippen LogP contribution in [0.3, 0.4) is 0 Å². The summed E-state index contributed by atoms with van der Waals surface area (Å²) in [6.45, 7) is 12.8. The van der Waals surface area contributed by atoms with E-state index < -0.39 is 0 Å². The minimum absolute atomic E-state index is 0.421. The predicted octanol–water partition coefficient (Wildman–Crippen LogP) is 4.50. The molecule has 0 aliphatic heterocycles. The van der Waals surface area contributed by atoms with E-state index in [-0.39, 0.29) is 0 Å². The molecular weight excluding hydrogens is 218 g/mol. The molecule has 18 heavy (non-hydrogen) atoms. The molecule has 0 aromatic heterocycles. The Morgan fingerprint density at radius 3 is 2.61 bits per heavy atom. The first-order chi connectivity index (χ1) is 8.56. The Kier molecular flexibility index (Phi) is 3.76. The summed E-state index contributed by atoms with van der Waals surface area (Å²) in [6.07, 6.45) is 7.53. The van der Waals surface area contributed by atoms with Crippen LogP contribution in [0.4, 0.5) is 0 Å². The van der Waals surface area contributed by atoms with Crippen molar-refractivity contribution in [3.05, 3.63) is 36.5 Å². The summed E-state index contributed by atoms with van der Waals surface area (Å²) in [6, 6.07) is 2.24. The molecule has 0 N–H and O–H groups in total. The first kappa shape index (κ1) is 13.1. The summed E-state index contributed by atoms with van der Waals surface area (Å²) < 4.78 is 0. The van der Waals surface area contributed by atoms with E-state index in [0.717, 1.165) is 23.8 Å². The van der Waals surface area contributed by atoms with Crippen LogP contribution in [-0.2, 0) is 0 Å². The van der Waals surface area contributed by atoms with Gasteiger partial charge in [-0.15, -0.1) is 0 Å². The molecule has 0 saturated heterocycles. The molecule has 0 amide bonds. The van der Waals surface area contributed by atoms with Crippen molar-refractivity contribution in [3.8, 4) is 6.07 Å². The quantitative estimate of drug-likeness (QED) is 0.665. The lowest BCUT2D eigenvalue weighted by atomic mass is 9.67. The average molecular weight is 241 g/mol. The summed E-state index contributed by atoms with van der Waals surface area (Å²) in [7, 11) is 0. The molecule has 5 unspecified atom stereocenters. The lowest BCUT2D eigenvalue weighted by Crippen LogP contribution is -2.29. The summed E-state index contributed by atoms with van der Waals surface area (Å²) in [5.41, 5.74) is 2.35. The minimum Gasteiger partial charge on any atom is -0.198 e. The van der Waals surface area contributed by atoms with Crippen LogP contribution in [0.15, 0.2) is 36.5 Å². The smallest absolute Gasteiger partial charge is 0.0666 e. The molecule has 0 bridgehead atoms. The molecule has 2 aliphatic rings. The van der Waals surface area contributed by atoms with Gasteiger partial charge < -0.3 is 0 Å². The molecule has 0 heterocycles. The third-order valence-electron chi connectivity index (χ3n) is 4.66. The number of allylic oxidation sites excluding steroid dienone is 4. The van der Waals surface area contributed by atoms with Gasteiger partial charge in [-0.05, 0) is 49.4 Å². The van der Waals surface area contributed by atoms with Crippen LogP contribution in [0, 0.1) is 40.9 Å². The van der Waals surface area contributed by atoms with E-state index in [2.05, 4.69) is 45.2 Å². The highest BCUT2D eigenvalue weighted by molar-refractivity contribution is 5.23. The zero-order valence-electron chi connectivity index (χ0n) is 11.5. The fourth-order valence-electron chi connectivity index (χ4n) is 3.54. The molecule has 1 heteroatoms. The van der Waals surface area contributed by atoms with Crippen molar-refractivity contribution in [2.45, 2.75) is 33.1 Å². The predicted molar refractivity (Wildman–Crippen MR) is 75.7 cm³/mol. The lowest BCUT2D eigenvalue weighted by Gasteiger charge is -2.37. The topological polar surface area (TPSA) is 23.8 Å². The molecule has 1 nitrogen and oxygen atoms in total. The number of hydrogen-bond acceptors (Lipinski definition) is 1. The van der Waals surface area contributed by atoms with Crippen molar-refractivity contribution in [1.82, 2.24) is 0 Å². The van der Waals surface area contributed by atoms with Gasteiger partial charge in [-0.1, -0.05) is 43.4 Å². The van der Waals surface area contributed by atoms with Crippen molar-refractivity contribution in [2.75, 3.05) is 0 Å². The first-order valence-corrected chi connectivity index (χ1v) is 6.93. The van der Waals surface area contributed by atoms with Gasteiger partial charge in [-0.25, -0.2) is 0 Å². The van der Waals surface area contributed by atoms with Gasteiger partial charge >= 0.3 is 0 Å². The molecule has 1 fully saturated rings. The van der Waals surface area contributed by atoms with Crippen molar-refractivity contribution < 1.29 is 0 Å². The molecule has 0 spiro atoms. The normalized spacial score (nSPS) is 37.9. The number of hydrogen-bond donors (Lipinski definition) is 0. The van der Waals surface area contributed by atoms with Gasteiger partial charge in [0.05, 0.1) is 12.5 Å². The highest BCUT2D eigenvalue weighted by Gasteiger charge is 2.45. The second-order valence-electron chi connectivity index (χ2n) is 6.09. The average Bonchev–Trinajstić information content (AvgIpc) is 3.05. The second kappa shape index (κ2) is 5.14. The Labute approximate surface area is 111 Å². The molecule has 0 radical (unpaired) electrons. The van der Waals surface area contributed by atoms with Gasteiger partial charge in [0.2, 0.25) is 0 Å². The Hall–Kier alpha value is -1.29. The van der Waals surface area contributed by atoms with E-state index in [1.54, 1.807) is 0 Å². The summed E-state index contributed by atoms with van der Waals surface area (Å²) >= 11 is 0. The molecule has 0 aromatic carbocycles. The Morgan fingerprint density at radius 2 is 2.11 bits per heavy atom. The standard InChI is InChI=1S/C17H23N/c1-11(2)17-14(12(3)8-9-18)6-5-7-15(17)16-10-13(16)4/h5,7,13-17H,1,3,6,8,10H2,2,4H3. The maximum absolute atomic E-state index is 8.87. The third kappa shape index (κ3) is 2.43. The molecule has 96 valence electrons. The molecule has 5 atom stereocenters. The van der Waals surface area contributed by atoms with E-state index in [1.807, 2.05) is 0 Å². The van der Waals surface area contributed by atoms with Crippen LogP contribution in [0.1, 0.15) is 33.1 Å².